The molecule has 7 heteroatoms. The molecule has 1 fully saturated rings. The number of aliphatic hydroxyl groups excluding tert-OH is 1. The van der Waals surface area contributed by atoms with Crippen molar-refractivity contribution in [3.63, 3.8) is 0 Å². The molecule has 0 spiro atoms. The van der Waals surface area contributed by atoms with Gasteiger partial charge in [0.15, 0.2) is 5.82 Å². The molecule has 3 rings (SSSR count). The summed E-state index contributed by atoms with van der Waals surface area (Å²) in [4.78, 5) is 4.65. The number of rotatable bonds is 7. The van der Waals surface area contributed by atoms with Crippen LogP contribution >= 0.6 is 0 Å². The van der Waals surface area contributed by atoms with Crippen molar-refractivity contribution in [2.75, 3.05) is 45.4 Å². The van der Waals surface area contributed by atoms with Gasteiger partial charge in [0.25, 0.3) is 0 Å². The first kappa shape index (κ1) is 19.4. The van der Waals surface area contributed by atoms with E-state index in [1.54, 1.807) is 14.2 Å². The molecule has 1 aromatic heterocycles. The molecule has 0 bridgehead atoms. The Hall–Kier alpha value is -2.38. The number of anilines is 1. The van der Waals surface area contributed by atoms with E-state index in [0.29, 0.717) is 0 Å². The smallest absolute Gasteiger partial charge is 0.151 e. The Morgan fingerprint density at radius 3 is 2.41 bits per heavy atom. The van der Waals surface area contributed by atoms with Crippen molar-refractivity contribution in [2.24, 2.45) is 0 Å². The van der Waals surface area contributed by atoms with Gasteiger partial charge in [0.05, 0.1) is 19.9 Å². The van der Waals surface area contributed by atoms with Crippen molar-refractivity contribution in [1.82, 2.24) is 15.1 Å². The molecule has 1 aliphatic rings. The highest BCUT2D eigenvalue weighted by atomic mass is 16.5. The first-order valence-corrected chi connectivity index (χ1v) is 9.25. The highest BCUT2D eigenvalue weighted by molar-refractivity contribution is 5.40. The van der Waals surface area contributed by atoms with Crippen LogP contribution in [-0.4, -0.2) is 66.7 Å². The summed E-state index contributed by atoms with van der Waals surface area (Å²) in [5.74, 6) is 2.47. The minimum atomic E-state index is 0.163. The fraction of sp³-hybridized carbons (Fsp3) is 0.500. The maximum absolute atomic E-state index is 9.55. The number of aliphatic hydroxyl groups is 1. The van der Waals surface area contributed by atoms with Crippen LogP contribution in [-0.2, 0) is 6.54 Å². The zero-order valence-corrected chi connectivity index (χ0v) is 16.3. The Kier molecular flexibility index (Phi) is 6.47. The summed E-state index contributed by atoms with van der Waals surface area (Å²) >= 11 is 0. The van der Waals surface area contributed by atoms with Crippen LogP contribution in [0.3, 0.4) is 0 Å². The van der Waals surface area contributed by atoms with Crippen molar-refractivity contribution >= 4 is 5.82 Å². The molecule has 0 radical (unpaired) electrons. The second-order valence-electron chi connectivity index (χ2n) is 6.84. The number of nitrogens with zero attached hydrogens (tertiary/aromatic N) is 4. The van der Waals surface area contributed by atoms with Crippen molar-refractivity contribution in [1.29, 1.82) is 0 Å². The SMILES string of the molecule is COc1cc(CN2CCN(c3ccc(C)nn3)C[C@@H]2CCO)cc(OC)c1. The van der Waals surface area contributed by atoms with Crippen molar-refractivity contribution < 1.29 is 14.6 Å². The topological polar surface area (TPSA) is 71.0 Å². The third-order valence-electron chi connectivity index (χ3n) is 4.97. The Bertz CT molecular complexity index is 716. The van der Waals surface area contributed by atoms with Crippen LogP contribution in [0, 0.1) is 6.92 Å². The van der Waals surface area contributed by atoms with Crippen LogP contribution in [0.5, 0.6) is 11.5 Å². The number of hydrogen-bond donors (Lipinski definition) is 1. The molecule has 2 heterocycles. The molecule has 1 aliphatic heterocycles. The molecule has 1 saturated heterocycles. The maximum Gasteiger partial charge on any atom is 0.151 e. The van der Waals surface area contributed by atoms with E-state index < -0.39 is 0 Å². The predicted molar refractivity (Wildman–Crippen MR) is 104 cm³/mol. The van der Waals surface area contributed by atoms with Gasteiger partial charge in [-0.25, -0.2) is 0 Å². The summed E-state index contributed by atoms with van der Waals surface area (Å²) < 4.78 is 10.8. The Labute approximate surface area is 160 Å². The molecule has 1 aromatic carbocycles. The molecule has 146 valence electrons. The molecule has 0 unspecified atom stereocenters. The number of aryl methyl sites for hydroxylation is 1. The zero-order valence-electron chi connectivity index (χ0n) is 16.3. The van der Waals surface area contributed by atoms with Gasteiger partial charge in [0.1, 0.15) is 11.5 Å². The zero-order chi connectivity index (χ0) is 19.2. The van der Waals surface area contributed by atoms with Gasteiger partial charge in [0.2, 0.25) is 0 Å². The van der Waals surface area contributed by atoms with Crippen molar-refractivity contribution in [3.05, 3.63) is 41.6 Å². The quantitative estimate of drug-likeness (QED) is 0.796. The molecule has 0 aliphatic carbocycles. The Morgan fingerprint density at radius 1 is 1.07 bits per heavy atom. The minimum Gasteiger partial charge on any atom is -0.497 e. The van der Waals surface area contributed by atoms with Crippen LogP contribution in [0.25, 0.3) is 0 Å². The number of methoxy groups -OCH3 is 2. The van der Waals surface area contributed by atoms with E-state index in [2.05, 4.69) is 20.0 Å². The van der Waals surface area contributed by atoms with Crippen LogP contribution in [0.1, 0.15) is 17.7 Å². The van der Waals surface area contributed by atoms with Gasteiger partial charge in [-0.3, -0.25) is 4.90 Å². The molecule has 7 nitrogen and oxygen atoms in total. The lowest BCUT2D eigenvalue weighted by Crippen LogP contribution is -2.53. The van der Waals surface area contributed by atoms with Gasteiger partial charge >= 0.3 is 0 Å². The first-order valence-electron chi connectivity index (χ1n) is 9.25. The predicted octanol–water partition coefficient (Wildman–Crippen LogP) is 1.88. The standard InChI is InChI=1S/C20H28N4O3/c1-15-4-5-20(22-21-15)24-8-7-23(17(14-24)6-9-25)13-16-10-18(26-2)12-19(11-16)27-3/h4-5,10-12,17,25H,6-9,13-14H2,1-3H3/t17-/m0/s1. The molecular weight excluding hydrogens is 344 g/mol. The van der Waals surface area contributed by atoms with Gasteiger partial charge in [-0.05, 0) is 43.2 Å². The number of piperazine rings is 1. The maximum atomic E-state index is 9.55. The van der Waals surface area contributed by atoms with Gasteiger partial charge in [0, 0.05) is 44.9 Å². The lowest BCUT2D eigenvalue weighted by molar-refractivity contribution is 0.135. The number of ether oxygens (including phenoxy) is 2. The molecule has 1 atom stereocenters. The van der Waals surface area contributed by atoms with E-state index in [4.69, 9.17) is 9.47 Å². The summed E-state index contributed by atoms with van der Waals surface area (Å²) in [6.45, 7) is 5.47. The van der Waals surface area contributed by atoms with Gasteiger partial charge in [-0.2, -0.15) is 5.10 Å². The second-order valence-corrected chi connectivity index (χ2v) is 6.84. The van der Waals surface area contributed by atoms with E-state index in [9.17, 15) is 5.11 Å². The van der Waals surface area contributed by atoms with Gasteiger partial charge in [-0.15, -0.1) is 5.10 Å². The van der Waals surface area contributed by atoms with Crippen LogP contribution in [0.4, 0.5) is 5.82 Å². The summed E-state index contributed by atoms with van der Waals surface area (Å²) in [6.07, 6.45) is 0.719. The average Bonchev–Trinajstić information content (AvgIpc) is 2.69. The average molecular weight is 372 g/mol. The fourth-order valence-corrected chi connectivity index (χ4v) is 3.48. The second kappa shape index (κ2) is 9.01. The van der Waals surface area contributed by atoms with Crippen molar-refractivity contribution in [2.45, 2.75) is 25.9 Å². The molecule has 1 N–H and O–H groups in total. The van der Waals surface area contributed by atoms with Crippen molar-refractivity contribution in [3.8, 4) is 11.5 Å². The molecule has 0 amide bonds. The molecule has 0 saturated carbocycles. The van der Waals surface area contributed by atoms with Gasteiger partial charge < -0.3 is 19.5 Å². The number of aromatic nitrogens is 2. The summed E-state index contributed by atoms with van der Waals surface area (Å²) in [7, 11) is 3.32. The lowest BCUT2D eigenvalue weighted by atomic mass is 10.1. The van der Waals surface area contributed by atoms with Gasteiger partial charge in [-0.1, -0.05) is 0 Å². The van der Waals surface area contributed by atoms with E-state index in [0.717, 1.165) is 61.2 Å². The number of hydrogen-bond acceptors (Lipinski definition) is 7. The monoisotopic (exact) mass is 372 g/mol. The highest BCUT2D eigenvalue weighted by Gasteiger charge is 2.27. The normalized spacial score (nSPS) is 17.8. The summed E-state index contributed by atoms with van der Waals surface area (Å²) in [5, 5.41) is 18.0. The van der Waals surface area contributed by atoms with Crippen LogP contribution in [0.15, 0.2) is 30.3 Å². The molecule has 2 aromatic rings. The minimum absolute atomic E-state index is 0.163. The third kappa shape index (κ3) is 4.87. The lowest BCUT2D eigenvalue weighted by Gasteiger charge is -2.41. The first-order chi connectivity index (χ1) is 13.1. The fourth-order valence-electron chi connectivity index (χ4n) is 3.48. The largest absolute Gasteiger partial charge is 0.497 e. The highest BCUT2D eigenvalue weighted by Crippen LogP contribution is 2.26. The summed E-state index contributed by atoms with van der Waals surface area (Å²) in [5.41, 5.74) is 2.05. The Balaban J connectivity index is 1.73. The van der Waals surface area contributed by atoms with Crippen LogP contribution in [0.2, 0.25) is 0 Å². The van der Waals surface area contributed by atoms with Crippen LogP contribution < -0.4 is 14.4 Å². The third-order valence-corrected chi connectivity index (χ3v) is 4.97. The van der Waals surface area contributed by atoms with E-state index >= 15 is 0 Å². The Morgan fingerprint density at radius 2 is 1.81 bits per heavy atom. The van der Waals surface area contributed by atoms with E-state index in [1.165, 1.54) is 0 Å². The molecular formula is C20H28N4O3. The molecule has 27 heavy (non-hydrogen) atoms. The van der Waals surface area contributed by atoms with E-state index in [-0.39, 0.29) is 12.6 Å². The summed E-state index contributed by atoms with van der Waals surface area (Å²) in [6, 6.07) is 10.2. The number of benzene rings is 1. The van der Waals surface area contributed by atoms with E-state index in [1.807, 2.05) is 37.3 Å².